The van der Waals surface area contributed by atoms with Gasteiger partial charge in [-0.1, -0.05) is 54.6 Å². The highest BCUT2D eigenvalue weighted by atomic mass is 32.1. The van der Waals surface area contributed by atoms with Crippen LogP contribution in [-0.4, -0.2) is 0 Å². The van der Waals surface area contributed by atoms with Crippen molar-refractivity contribution in [3.8, 4) is 21.6 Å². The Kier molecular flexibility index (Phi) is 2.87. The first-order valence-electron chi connectivity index (χ1n) is 5.84. The minimum absolute atomic E-state index is 0.858. The van der Waals surface area contributed by atoms with E-state index >= 15 is 0 Å². The van der Waals surface area contributed by atoms with E-state index in [1.54, 1.807) is 11.3 Å². The number of thiophene rings is 1. The highest BCUT2D eigenvalue weighted by molar-refractivity contribution is 7.19. The van der Waals surface area contributed by atoms with Gasteiger partial charge in [0.1, 0.15) is 0 Å². The molecule has 1 aromatic heterocycles. The maximum absolute atomic E-state index is 5.76. The fraction of sp³-hybridized carbons (Fsp3) is 0. The van der Waals surface area contributed by atoms with Gasteiger partial charge in [0, 0.05) is 4.88 Å². The molecule has 0 unspecified atom stereocenters. The minimum atomic E-state index is 0.858. The molecule has 0 atom stereocenters. The van der Waals surface area contributed by atoms with Gasteiger partial charge in [-0.25, -0.2) is 0 Å². The molecule has 0 radical (unpaired) electrons. The molecule has 88 valence electrons. The molecule has 0 saturated heterocycles. The number of hydrogen-bond acceptors (Lipinski definition) is 2. The van der Waals surface area contributed by atoms with Crippen molar-refractivity contribution in [2.24, 2.45) is 0 Å². The van der Waals surface area contributed by atoms with E-state index in [9.17, 15) is 0 Å². The van der Waals surface area contributed by atoms with E-state index in [-0.39, 0.29) is 0 Å². The third-order valence-electron chi connectivity index (χ3n) is 2.90. The Morgan fingerprint density at radius 3 is 1.83 bits per heavy atom. The van der Waals surface area contributed by atoms with Crippen LogP contribution in [0.1, 0.15) is 0 Å². The van der Waals surface area contributed by atoms with Gasteiger partial charge in [-0.3, -0.25) is 0 Å². The summed E-state index contributed by atoms with van der Waals surface area (Å²) in [6, 6.07) is 23.0. The van der Waals surface area contributed by atoms with Crippen molar-refractivity contribution in [2.75, 3.05) is 5.73 Å². The Bertz CT molecular complexity index is 638. The number of rotatable bonds is 2. The molecule has 2 N–H and O–H groups in total. The molecule has 1 heterocycles. The molecule has 0 bridgehead atoms. The average Bonchev–Trinajstić information content (AvgIpc) is 2.87. The summed E-state index contributed by atoms with van der Waals surface area (Å²) >= 11 is 1.62. The summed E-state index contributed by atoms with van der Waals surface area (Å²) in [6.45, 7) is 0. The van der Waals surface area contributed by atoms with Gasteiger partial charge in [-0.15, -0.1) is 11.3 Å². The van der Waals surface area contributed by atoms with Crippen molar-refractivity contribution >= 4 is 16.3 Å². The zero-order chi connectivity index (χ0) is 12.4. The monoisotopic (exact) mass is 251 g/mol. The van der Waals surface area contributed by atoms with Crippen LogP contribution >= 0.6 is 11.3 Å². The van der Waals surface area contributed by atoms with Crippen molar-refractivity contribution in [3.63, 3.8) is 0 Å². The largest absolute Gasteiger partial charge is 0.391 e. The van der Waals surface area contributed by atoms with Gasteiger partial charge < -0.3 is 5.73 Å². The number of nitrogens with two attached hydrogens (primary N) is 1. The summed E-state index contributed by atoms with van der Waals surface area (Å²) in [5, 5.41) is 0.858. The molecule has 2 aromatic carbocycles. The zero-order valence-corrected chi connectivity index (χ0v) is 10.7. The third-order valence-corrected chi connectivity index (χ3v) is 3.87. The van der Waals surface area contributed by atoms with Crippen LogP contribution in [0.25, 0.3) is 21.6 Å². The Morgan fingerprint density at radius 1 is 0.611 bits per heavy atom. The molecule has 0 amide bonds. The number of benzene rings is 2. The van der Waals surface area contributed by atoms with Crippen LogP contribution in [-0.2, 0) is 0 Å². The molecule has 0 spiro atoms. The first kappa shape index (κ1) is 11.1. The van der Waals surface area contributed by atoms with Crippen molar-refractivity contribution in [2.45, 2.75) is 0 Å². The van der Waals surface area contributed by atoms with Crippen LogP contribution in [0.3, 0.4) is 0 Å². The molecule has 0 aliphatic heterocycles. The first-order chi connectivity index (χ1) is 8.83. The summed E-state index contributed by atoms with van der Waals surface area (Å²) in [4.78, 5) is 1.21. The molecule has 3 aromatic rings. The molecule has 2 heteroatoms. The van der Waals surface area contributed by atoms with Gasteiger partial charge in [0.05, 0.1) is 5.00 Å². The molecule has 0 saturated carbocycles. The Morgan fingerprint density at radius 2 is 1.22 bits per heavy atom. The fourth-order valence-electron chi connectivity index (χ4n) is 1.97. The lowest BCUT2D eigenvalue weighted by molar-refractivity contribution is 1.62. The molecule has 1 nitrogen and oxygen atoms in total. The number of nitrogen functional groups attached to an aromatic ring is 1. The Hall–Kier alpha value is -2.06. The maximum Gasteiger partial charge on any atom is 0.0862 e. The van der Waals surface area contributed by atoms with Crippen molar-refractivity contribution in [1.82, 2.24) is 0 Å². The van der Waals surface area contributed by atoms with Crippen LogP contribution in [0.4, 0.5) is 5.00 Å². The van der Waals surface area contributed by atoms with Crippen LogP contribution in [0.15, 0.2) is 66.7 Å². The summed E-state index contributed by atoms with van der Waals surface area (Å²) in [7, 11) is 0. The topological polar surface area (TPSA) is 26.0 Å². The fourth-order valence-corrected chi connectivity index (χ4v) is 2.75. The minimum Gasteiger partial charge on any atom is -0.391 e. The molecule has 0 fully saturated rings. The first-order valence-corrected chi connectivity index (χ1v) is 6.66. The molecular weight excluding hydrogens is 238 g/mol. The lowest BCUT2D eigenvalue weighted by atomic mass is 10.0. The van der Waals surface area contributed by atoms with Gasteiger partial charge in [-0.2, -0.15) is 0 Å². The molecular formula is C16H13NS. The van der Waals surface area contributed by atoms with E-state index < -0.39 is 0 Å². The smallest absolute Gasteiger partial charge is 0.0862 e. The van der Waals surface area contributed by atoms with Crippen LogP contribution < -0.4 is 5.73 Å². The highest BCUT2D eigenvalue weighted by Crippen LogP contribution is 2.31. The van der Waals surface area contributed by atoms with Gasteiger partial charge in [0.15, 0.2) is 0 Å². The molecule has 0 aliphatic rings. The summed E-state index contributed by atoms with van der Waals surface area (Å²) in [5.41, 5.74) is 9.46. The zero-order valence-electron chi connectivity index (χ0n) is 9.84. The quantitative estimate of drug-likeness (QED) is 0.704. The highest BCUT2D eigenvalue weighted by Gasteiger charge is 2.02. The lowest BCUT2D eigenvalue weighted by Crippen LogP contribution is -1.77. The SMILES string of the molecule is Nc1ccc(-c2ccc(-c3ccccc3)cc2)s1. The van der Waals surface area contributed by atoms with Gasteiger partial charge in [0.25, 0.3) is 0 Å². The van der Waals surface area contributed by atoms with Crippen LogP contribution in [0.5, 0.6) is 0 Å². The average molecular weight is 251 g/mol. The van der Waals surface area contributed by atoms with E-state index in [0.29, 0.717) is 0 Å². The van der Waals surface area contributed by atoms with Gasteiger partial charge in [-0.05, 0) is 28.8 Å². The van der Waals surface area contributed by atoms with E-state index in [1.807, 2.05) is 12.1 Å². The second-order valence-corrected chi connectivity index (χ2v) is 5.26. The third kappa shape index (κ3) is 2.15. The van der Waals surface area contributed by atoms with Crippen LogP contribution in [0.2, 0.25) is 0 Å². The predicted molar refractivity (Wildman–Crippen MR) is 79.6 cm³/mol. The van der Waals surface area contributed by atoms with Crippen molar-refractivity contribution in [3.05, 3.63) is 66.7 Å². The maximum atomic E-state index is 5.76. The molecule has 0 aliphatic carbocycles. The predicted octanol–water partition coefficient (Wildman–Crippen LogP) is 4.66. The van der Waals surface area contributed by atoms with E-state index in [2.05, 4.69) is 54.6 Å². The summed E-state index contributed by atoms with van der Waals surface area (Å²) in [5.74, 6) is 0. The molecule has 3 rings (SSSR count). The van der Waals surface area contributed by atoms with Crippen LogP contribution in [0, 0.1) is 0 Å². The van der Waals surface area contributed by atoms with E-state index in [4.69, 9.17) is 5.73 Å². The Balaban J connectivity index is 1.94. The lowest BCUT2D eigenvalue weighted by Gasteiger charge is -2.03. The number of anilines is 1. The second-order valence-electron chi connectivity index (χ2n) is 4.15. The second kappa shape index (κ2) is 4.67. The standard InChI is InChI=1S/C16H13NS/c17-16-11-10-15(18-16)14-8-6-13(7-9-14)12-4-2-1-3-5-12/h1-11H,17H2. The summed E-state index contributed by atoms with van der Waals surface area (Å²) in [6.07, 6.45) is 0. The number of hydrogen-bond donors (Lipinski definition) is 1. The summed E-state index contributed by atoms with van der Waals surface area (Å²) < 4.78 is 0. The van der Waals surface area contributed by atoms with Gasteiger partial charge >= 0.3 is 0 Å². The Labute approximate surface area is 111 Å². The normalized spacial score (nSPS) is 10.4. The van der Waals surface area contributed by atoms with Gasteiger partial charge in [0.2, 0.25) is 0 Å². The van der Waals surface area contributed by atoms with Crippen molar-refractivity contribution in [1.29, 1.82) is 0 Å². The van der Waals surface area contributed by atoms with E-state index in [1.165, 1.54) is 21.6 Å². The van der Waals surface area contributed by atoms with Crippen molar-refractivity contribution < 1.29 is 0 Å². The van der Waals surface area contributed by atoms with E-state index in [0.717, 1.165) is 5.00 Å². The molecule has 18 heavy (non-hydrogen) atoms.